The molecule has 0 aromatic heterocycles. The van der Waals surface area contributed by atoms with Crippen molar-refractivity contribution < 1.29 is 13.2 Å². The van der Waals surface area contributed by atoms with Crippen LogP contribution < -0.4 is 5.73 Å². The number of sulfonamides is 1. The summed E-state index contributed by atoms with van der Waals surface area (Å²) in [6.45, 7) is 0.254. The van der Waals surface area contributed by atoms with Gasteiger partial charge in [-0.1, -0.05) is 36.4 Å². The molecule has 0 aliphatic rings. The molecule has 5 nitrogen and oxygen atoms in total. The Morgan fingerprint density at radius 1 is 1.10 bits per heavy atom. The summed E-state index contributed by atoms with van der Waals surface area (Å²) in [6.07, 6.45) is 0. The predicted molar refractivity (Wildman–Crippen MR) is 80.1 cm³/mol. The van der Waals surface area contributed by atoms with E-state index in [9.17, 15) is 13.2 Å². The number of benzene rings is 2. The smallest absolute Gasteiger partial charge is 0.248 e. The summed E-state index contributed by atoms with van der Waals surface area (Å²) in [7, 11) is -2.17. The summed E-state index contributed by atoms with van der Waals surface area (Å²) >= 11 is 0. The van der Waals surface area contributed by atoms with Crippen molar-refractivity contribution in [1.82, 2.24) is 4.31 Å². The zero-order chi connectivity index (χ0) is 15.5. The molecule has 0 aliphatic carbocycles. The van der Waals surface area contributed by atoms with E-state index < -0.39 is 15.9 Å². The van der Waals surface area contributed by atoms with Crippen LogP contribution in [0.2, 0.25) is 0 Å². The fourth-order valence-corrected chi connectivity index (χ4v) is 3.12. The normalized spacial score (nSPS) is 11.5. The number of hydrogen-bond donors (Lipinski definition) is 1. The van der Waals surface area contributed by atoms with Crippen molar-refractivity contribution in [3.63, 3.8) is 0 Å². The molecule has 0 heterocycles. The van der Waals surface area contributed by atoms with E-state index in [4.69, 9.17) is 5.73 Å². The molecule has 2 rings (SSSR count). The number of hydrogen-bond acceptors (Lipinski definition) is 3. The first kappa shape index (κ1) is 15.2. The lowest BCUT2D eigenvalue weighted by Gasteiger charge is -2.17. The van der Waals surface area contributed by atoms with Crippen LogP contribution >= 0.6 is 0 Å². The van der Waals surface area contributed by atoms with Crippen LogP contribution in [-0.4, -0.2) is 25.7 Å². The van der Waals surface area contributed by atoms with Gasteiger partial charge in [0.15, 0.2) is 0 Å². The fraction of sp³-hybridized carbons (Fsp3) is 0.133. The van der Waals surface area contributed by atoms with Crippen LogP contribution in [0.25, 0.3) is 0 Å². The average Bonchev–Trinajstić information content (AvgIpc) is 2.48. The summed E-state index contributed by atoms with van der Waals surface area (Å²) in [5.74, 6) is -0.655. The van der Waals surface area contributed by atoms with Gasteiger partial charge in [-0.15, -0.1) is 0 Å². The van der Waals surface area contributed by atoms with Crippen LogP contribution in [0, 0.1) is 0 Å². The average molecular weight is 304 g/mol. The summed E-state index contributed by atoms with van der Waals surface area (Å²) in [5.41, 5.74) is 6.23. The Morgan fingerprint density at radius 2 is 1.76 bits per heavy atom. The highest BCUT2D eigenvalue weighted by Crippen LogP contribution is 2.18. The predicted octanol–water partition coefficient (Wildman–Crippen LogP) is 1.61. The van der Waals surface area contributed by atoms with Crippen molar-refractivity contribution in [2.45, 2.75) is 11.4 Å². The van der Waals surface area contributed by atoms with Crippen LogP contribution in [-0.2, 0) is 16.6 Å². The second kappa shape index (κ2) is 6.07. The number of nitrogens with zero attached hydrogens (tertiary/aromatic N) is 1. The van der Waals surface area contributed by atoms with Crippen molar-refractivity contribution >= 4 is 15.9 Å². The molecule has 2 aromatic rings. The molecule has 0 aliphatic heterocycles. The van der Waals surface area contributed by atoms with Crippen molar-refractivity contribution in [3.8, 4) is 0 Å². The molecule has 0 atom stereocenters. The lowest BCUT2D eigenvalue weighted by molar-refractivity contribution is 0.1000. The molecule has 2 N–H and O–H groups in total. The van der Waals surface area contributed by atoms with Crippen LogP contribution in [0.3, 0.4) is 0 Å². The standard InChI is InChI=1S/C15H16N2O3S/c1-17(11-12-6-3-2-4-7-12)21(19,20)14-9-5-8-13(10-14)15(16)18/h2-10H,11H2,1H3,(H2,16,18). The van der Waals surface area contributed by atoms with Gasteiger partial charge in [0.05, 0.1) is 4.90 Å². The molecule has 6 heteroatoms. The molecule has 0 saturated heterocycles. The van der Waals surface area contributed by atoms with Gasteiger partial charge >= 0.3 is 0 Å². The molecule has 0 radical (unpaired) electrons. The molecule has 110 valence electrons. The van der Waals surface area contributed by atoms with Crippen molar-refractivity contribution in [2.75, 3.05) is 7.05 Å². The Balaban J connectivity index is 2.29. The number of nitrogens with two attached hydrogens (primary N) is 1. The summed E-state index contributed by atoms with van der Waals surface area (Å²) in [5, 5.41) is 0. The second-order valence-electron chi connectivity index (χ2n) is 4.64. The molecule has 0 bridgehead atoms. The number of rotatable bonds is 5. The van der Waals surface area contributed by atoms with Crippen LogP contribution in [0.1, 0.15) is 15.9 Å². The molecule has 21 heavy (non-hydrogen) atoms. The third-order valence-corrected chi connectivity index (χ3v) is 4.87. The lowest BCUT2D eigenvalue weighted by Crippen LogP contribution is -2.26. The first-order valence-corrected chi connectivity index (χ1v) is 7.75. The van der Waals surface area contributed by atoms with E-state index in [-0.39, 0.29) is 17.0 Å². The van der Waals surface area contributed by atoms with E-state index in [1.54, 1.807) is 0 Å². The van der Waals surface area contributed by atoms with E-state index in [2.05, 4.69) is 0 Å². The Hall–Kier alpha value is -2.18. The Labute approximate surface area is 124 Å². The number of primary amides is 1. The highest BCUT2D eigenvalue weighted by molar-refractivity contribution is 7.89. The Kier molecular flexibility index (Phi) is 4.40. The highest BCUT2D eigenvalue weighted by atomic mass is 32.2. The summed E-state index contributed by atoms with van der Waals surface area (Å²) < 4.78 is 26.2. The maximum absolute atomic E-state index is 12.5. The van der Waals surface area contributed by atoms with Crippen LogP contribution in [0.4, 0.5) is 0 Å². The van der Waals surface area contributed by atoms with Gasteiger partial charge in [-0.25, -0.2) is 8.42 Å². The summed E-state index contributed by atoms with van der Waals surface area (Å²) in [4.78, 5) is 11.2. The first-order chi connectivity index (χ1) is 9.91. The van der Waals surface area contributed by atoms with Gasteiger partial charge < -0.3 is 5.73 Å². The van der Waals surface area contributed by atoms with Gasteiger partial charge in [0.1, 0.15) is 0 Å². The van der Waals surface area contributed by atoms with Crippen LogP contribution in [0.5, 0.6) is 0 Å². The van der Waals surface area contributed by atoms with E-state index >= 15 is 0 Å². The van der Waals surface area contributed by atoms with Crippen molar-refractivity contribution in [1.29, 1.82) is 0 Å². The molecule has 0 unspecified atom stereocenters. The van der Waals surface area contributed by atoms with Crippen molar-refractivity contribution in [2.24, 2.45) is 5.73 Å². The maximum Gasteiger partial charge on any atom is 0.248 e. The molecule has 0 saturated carbocycles. The molecule has 0 fully saturated rings. The van der Waals surface area contributed by atoms with Gasteiger partial charge in [-0.2, -0.15) is 4.31 Å². The molecular formula is C15H16N2O3S. The van der Waals surface area contributed by atoms with E-state index in [0.717, 1.165) is 5.56 Å². The topological polar surface area (TPSA) is 80.5 Å². The minimum absolute atomic E-state index is 0.0530. The number of carbonyl (C=O) groups is 1. The van der Waals surface area contributed by atoms with E-state index in [1.165, 1.54) is 35.6 Å². The molecule has 1 amide bonds. The highest BCUT2D eigenvalue weighted by Gasteiger charge is 2.21. The number of carbonyl (C=O) groups excluding carboxylic acids is 1. The molecular weight excluding hydrogens is 288 g/mol. The van der Waals surface area contributed by atoms with Gasteiger partial charge in [0, 0.05) is 19.2 Å². The first-order valence-electron chi connectivity index (χ1n) is 6.31. The largest absolute Gasteiger partial charge is 0.366 e. The maximum atomic E-state index is 12.5. The van der Waals surface area contributed by atoms with Crippen LogP contribution in [0.15, 0.2) is 59.5 Å². The van der Waals surface area contributed by atoms with E-state index in [1.807, 2.05) is 30.3 Å². The second-order valence-corrected chi connectivity index (χ2v) is 6.68. The fourth-order valence-electron chi connectivity index (χ4n) is 1.92. The third-order valence-electron chi connectivity index (χ3n) is 3.07. The zero-order valence-electron chi connectivity index (χ0n) is 11.6. The van der Waals surface area contributed by atoms with E-state index in [0.29, 0.717) is 0 Å². The minimum atomic E-state index is -3.67. The third kappa shape index (κ3) is 3.48. The molecule has 0 spiro atoms. The Bertz CT molecular complexity index is 743. The Morgan fingerprint density at radius 3 is 2.38 bits per heavy atom. The van der Waals surface area contributed by atoms with Gasteiger partial charge in [0.25, 0.3) is 0 Å². The minimum Gasteiger partial charge on any atom is -0.366 e. The lowest BCUT2D eigenvalue weighted by atomic mass is 10.2. The van der Waals surface area contributed by atoms with Gasteiger partial charge in [0.2, 0.25) is 15.9 Å². The molecule has 2 aromatic carbocycles. The quantitative estimate of drug-likeness (QED) is 0.911. The van der Waals surface area contributed by atoms with Gasteiger partial charge in [-0.05, 0) is 23.8 Å². The number of amides is 1. The SMILES string of the molecule is CN(Cc1ccccc1)S(=O)(=O)c1cccc(C(N)=O)c1. The van der Waals surface area contributed by atoms with Gasteiger partial charge in [-0.3, -0.25) is 4.79 Å². The summed E-state index contributed by atoms with van der Waals surface area (Å²) in [6, 6.07) is 15.0. The monoisotopic (exact) mass is 304 g/mol. The zero-order valence-corrected chi connectivity index (χ0v) is 12.4. The van der Waals surface area contributed by atoms with Crippen molar-refractivity contribution in [3.05, 3.63) is 65.7 Å².